The average Bonchev–Trinajstić information content (AvgIpc) is 2.79. The normalized spacial score (nSPS) is 10.6. The quantitative estimate of drug-likeness (QED) is 0.745. The van der Waals surface area contributed by atoms with Crippen molar-refractivity contribution >= 4 is 52.0 Å². The Kier molecular flexibility index (Phi) is 5.27. The van der Waals surface area contributed by atoms with Gasteiger partial charge in [-0.2, -0.15) is 0 Å². The van der Waals surface area contributed by atoms with Crippen LogP contribution in [-0.4, -0.2) is 22.3 Å². The van der Waals surface area contributed by atoms with Crippen molar-refractivity contribution in [3.05, 3.63) is 49.3 Å². The van der Waals surface area contributed by atoms with E-state index in [-0.39, 0.29) is 16.2 Å². The predicted molar refractivity (Wildman–Crippen MR) is 84.0 cm³/mol. The molecule has 0 unspecified atom stereocenters. The largest absolute Gasteiger partial charge is 0.334 e. The van der Waals surface area contributed by atoms with Crippen LogP contribution >= 0.6 is 46.1 Å². The van der Waals surface area contributed by atoms with Gasteiger partial charge in [0.05, 0.1) is 10.9 Å². The molecular formula is C13H11Cl3N2OS. The van der Waals surface area contributed by atoms with Crippen molar-refractivity contribution < 1.29 is 4.79 Å². The predicted octanol–water partition coefficient (Wildman–Crippen LogP) is 4.77. The van der Waals surface area contributed by atoms with E-state index in [0.29, 0.717) is 23.0 Å². The summed E-state index contributed by atoms with van der Waals surface area (Å²) in [5, 5.41) is 0.409. The molecule has 0 saturated carbocycles. The Morgan fingerprint density at radius 1 is 1.25 bits per heavy atom. The number of hydrogen-bond acceptors (Lipinski definition) is 3. The molecule has 7 heteroatoms. The third-order valence-corrected chi connectivity index (χ3v) is 4.26. The monoisotopic (exact) mass is 348 g/mol. The van der Waals surface area contributed by atoms with Crippen molar-refractivity contribution in [3.63, 3.8) is 0 Å². The molecule has 106 valence electrons. The standard InChI is InChI=1S/C13H11Cl3N2OS/c1-2-18(7-9-3-4-12(16)20-9)13(19)8-5-10(14)17-11(15)6-8/h3-6H,2,7H2,1H3. The lowest BCUT2D eigenvalue weighted by atomic mass is 10.2. The van der Waals surface area contributed by atoms with Gasteiger partial charge in [0, 0.05) is 17.0 Å². The highest BCUT2D eigenvalue weighted by atomic mass is 35.5. The van der Waals surface area contributed by atoms with Crippen LogP contribution in [0.25, 0.3) is 0 Å². The number of rotatable bonds is 4. The number of amides is 1. The average molecular weight is 350 g/mol. The molecule has 1 amide bonds. The van der Waals surface area contributed by atoms with E-state index in [2.05, 4.69) is 4.98 Å². The van der Waals surface area contributed by atoms with Gasteiger partial charge in [-0.25, -0.2) is 4.98 Å². The van der Waals surface area contributed by atoms with Crippen LogP contribution in [0, 0.1) is 0 Å². The first-order valence-corrected chi connectivity index (χ1v) is 7.81. The first-order chi connectivity index (χ1) is 9.49. The molecule has 0 aliphatic carbocycles. The fourth-order valence-electron chi connectivity index (χ4n) is 1.72. The summed E-state index contributed by atoms with van der Waals surface area (Å²) in [4.78, 5) is 19.0. The van der Waals surface area contributed by atoms with Crippen molar-refractivity contribution in [1.82, 2.24) is 9.88 Å². The van der Waals surface area contributed by atoms with Crippen molar-refractivity contribution in [1.29, 1.82) is 0 Å². The van der Waals surface area contributed by atoms with Gasteiger partial charge in [-0.15, -0.1) is 11.3 Å². The van der Waals surface area contributed by atoms with Crippen LogP contribution in [-0.2, 0) is 6.54 Å². The minimum Gasteiger partial charge on any atom is -0.334 e. The van der Waals surface area contributed by atoms with Crippen LogP contribution in [0.1, 0.15) is 22.2 Å². The van der Waals surface area contributed by atoms with Crippen molar-refractivity contribution in [2.75, 3.05) is 6.54 Å². The topological polar surface area (TPSA) is 33.2 Å². The molecule has 2 rings (SSSR count). The molecule has 0 fully saturated rings. The number of carbonyl (C=O) groups excluding carboxylic acids is 1. The molecule has 0 spiro atoms. The van der Waals surface area contributed by atoms with E-state index in [1.165, 1.54) is 23.5 Å². The fraction of sp³-hybridized carbons (Fsp3) is 0.231. The second kappa shape index (κ2) is 6.76. The van der Waals surface area contributed by atoms with Crippen LogP contribution in [0.2, 0.25) is 14.6 Å². The van der Waals surface area contributed by atoms with Gasteiger partial charge in [-0.3, -0.25) is 4.79 Å². The molecule has 0 N–H and O–H groups in total. The first-order valence-electron chi connectivity index (χ1n) is 5.86. The molecule has 2 aromatic rings. The second-order valence-corrected chi connectivity index (χ2v) is 6.60. The lowest BCUT2D eigenvalue weighted by Gasteiger charge is -2.20. The second-order valence-electron chi connectivity index (χ2n) is 4.03. The fourth-order valence-corrected chi connectivity index (χ4v) is 3.29. The Morgan fingerprint density at radius 2 is 1.90 bits per heavy atom. The van der Waals surface area contributed by atoms with Gasteiger partial charge in [-0.05, 0) is 31.2 Å². The minimum atomic E-state index is -0.136. The molecule has 0 aliphatic heterocycles. The van der Waals surface area contributed by atoms with Gasteiger partial charge in [0.15, 0.2) is 0 Å². The molecule has 0 atom stereocenters. The summed E-state index contributed by atoms with van der Waals surface area (Å²) in [6.45, 7) is 2.99. The molecule has 0 aromatic carbocycles. The van der Waals surface area contributed by atoms with Crippen LogP contribution in [0.4, 0.5) is 0 Å². The van der Waals surface area contributed by atoms with E-state index in [4.69, 9.17) is 34.8 Å². The Hall–Kier alpha value is -0.810. The molecule has 0 radical (unpaired) electrons. The van der Waals surface area contributed by atoms with E-state index in [1.807, 2.05) is 19.1 Å². The zero-order valence-corrected chi connectivity index (χ0v) is 13.7. The van der Waals surface area contributed by atoms with Gasteiger partial charge in [-0.1, -0.05) is 34.8 Å². The molecule has 2 heterocycles. The van der Waals surface area contributed by atoms with Gasteiger partial charge in [0.1, 0.15) is 10.3 Å². The maximum atomic E-state index is 12.4. The lowest BCUT2D eigenvalue weighted by Crippen LogP contribution is -2.30. The SMILES string of the molecule is CCN(Cc1ccc(Cl)s1)C(=O)c1cc(Cl)nc(Cl)c1. The summed E-state index contributed by atoms with van der Waals surface area (Å²) in [5.41, 5.74) is 0.430. The van der Waals surface area contributed by atoms with Gasteiger partial charge in [0.2, 0.25) is 0 Å². The Bertz CT molecular complexity index is 610. The van der Waals surface area contributed by atoms with E-state index >= 15 is 0 Å². The van der Waals surface area contributed by atoms with Gasteiger partial charge in [0.25, 0.3) is 5.91 Å². The van der Waals surface area contributed by atoms with E-state index in [9.17, 15) is 4.79 Å². The highest BCUT2D eigenvalue weighted by Crippen LogP contribution is 2.24. The Labute approximate surface area is 136 Å². The number of aromatic nitrogens is 1. The van der Waals surface area contributed by atoms with Crippen LogP contribution in [0.15, 0.2) is 24.3 Å². The summed E-state index contributed by atoms with van der Waals surface area (Å²) in [7, 11) is 0. The van der Waals surface area contributed by atoms with Crippen molar-refractivity contribution in [2.24, 2.45) is 0 Å². The van der Waals surface area contributed by atoms with Crippen LogP contribution in [0.3, 0.4) is 0 Å². The number of nitrogens with zero attached hydrogens (tertiary/aromatic N) is 2. The third-order valence-electron chi connectivity index (χ3n) is 2.65. The van der Waals surface area contributed by atoms with Crippen molar-refractivity contribution in [3.8, 4) is 0 Å². The minimum absolute atomic E-state index is 0.136. The smallest absolute Gasteiger partial charge is 0.254 e. The van der Waals surface area contributed by atoms with Crippen molar-refractivity contribution in [2.45, 2.75) is 13.5 Å². The van der Waals surface area contributed by atoms with E-state index in [0.717, 1.165) is 4.88 Å². The zero-order chi connectivity index (χ0) is 14.7. The van der Waals surface area contributed by atoms with E-state index in [1.54, 1.807) is 4.90 Å². The molecule has 0 bridgehead atoms. The number of pyridine rings is 1. The first kappa shape index (κ1) is 15.6. The molecule has 3 nitrogen and oxygen atoms in total. The molecule has 2 aromatic heterocycles. The van der Waals surface area contributed by atoms with Crippen LogP contribution in [0.5, 0.6) is 0 Å². The maximum Gasteiger partial charge on any atom is 0.254 e. The highest BCUT2D eigenvalue weighted by molar-refractivity contribution is 7.16. The van der Waals surface area contributed by atoms with Crippen LogP contribution < -0.4 is 0 Å². The Morgan fingerprint density at radius 3 is 2.40 bits per heavy atom. The number of hydrogen-bond donors (Lipinski definition) is 0. The third kappa shape index (κ3) is 3.85. The number of thiophene rings is 1. The Balaban J connectivity index is 2.20. The summed E-state index contributed by atoms with van der Waals surface area (Å²) < 4.78 is 0.707. The maximum absolute atomic E-state index is 12.4. The molecule has 0 saturated heterocycles. The van der Waals surface area contributed by atoms with E-state index < -0.39 is 0 Å². The highest BCUT2D eigenvalue weighted by Gasteiger charge is 2.17. The summed E-state index contributed by atoms with van der Waals surface area (Å²) in [6, 6.07) is 6.76. The van der Waals surface area contributed by atoms with Gasteiger partial charge < -0.3 is 4.90 Å². The molecule has 20 heavy (non-hydrogen) atoms. The molecule has 0 aliphatic rings. The van der Waals surface area contributed by atoms with Gasteiger partial charge >= 0.3 is 0 Å². The zero-order valence-electron chi connectivity index (χ0n) is 10.6. The lowest BCUT2D eigenvalue weighted by molar-refractivity contribution is 0.0754. The number of halogens is 3. The number of carbonyl (C=O) groups is 1. The summed E-state index contributed by atoms with van der Waals surface area (Å²) in [5.74, 6) is -0.136. The molecular weight excluding hydrogens is 339 g/mol. The summed E-state index contributed by atoms with van der Waals surface area (Å²) >= 11 is 19.0. The summed E-state index contributed by atoms with van der Waals surface area (Å²) in [6.07, 6.45) is 0.